The van der Waals surface area contributed by atoms with Crippen molar-refractivity contribution in [2.45, 2.75) is 52.2 Å². The minimum Gasteiger partial charge on any atom is -0.393 e. The van der Waals surface area contributed by atoms with E-state index in [0.717, 1.165) is 24.1 Å². The van der Waals surface area contributed by atoms with Gasteiger partial charge in [0.1, 0.15) is 0 Å². The topological polar surface area (TPSA) is 61.8 Å². The van der Waals surface area contributed by atoms with Gasteiger partial charge in [0.25, 0.3) is 0 Å². The third-order valence-electron chi connectivity index (χ3n) is 4.31. The molecule has 1 fully saturated rings. The van der Waals surface area contributed by atoms with Crippen LogP contribution >= 0.6 is 0 Å². The van der Waals surface area contributed by atoms with Crippen molar-refractivity contribution in [3.63, 3.8) is 0 Å². The summed E-state index contributed by atoms with van der Waals surface area (Å²) in [6, 6.07) is 6.06. The average Bonchev–Trinajstić information content (AvgIpc) is 2.54. The molecule has 2 unspecified atom stereocenters. The van der Waals surface area contributed by atoms with E-state index in [9.17, 15) is 9.90 Å². The maximum Gasteiger partial charge on any atom is 0.322 e. The molecule has 1 aromatic rings. The Labute approximate surface area is 138 Å². The molecule has 1 aromatic carbocycles. The summed E-state index contributed by atoms with van der Waals surface area (Å²) in [5, 5.41) is 12.7. The molecule has 23 heavy (non-hydrogen) atoms. The Bertz CT molecular complexity index is 531. The van der Waals surface area contributed by atoms with Gasteiger partial charge in [-0.1, -0.05) is 26.0 Å². The van der Waals surface area contributed by atoms with Gasteiger partial charge in [-0.25, -0.2) is 4.79 Å². The number of ether oxygens (including phenoxy) is 1. The molecule has 0 spiro atoms. The van der Waals surface area contributed by atoms with E-state index in [1.807, 2.05) is 0 Å². The smallest absolute Gasteiger partial charge is 0.322 e. The zero-order chi connectivity index (χ0) is 16.8. The number of urea groups is 1. The molecule has 2 N–H and O–H groups in total. The van der Waals surface area contributed by atoms with Crippen LogP contribution in [0.3, 0.4) is 0 Å². The number of hydrogen-bond donors (Lipinski definition) is 2. The molecule has 1 saturated heterocycles. The predicted octanol–water partition coefficient (Wildman–Crippen LogP) is 2.82. The molecule has 0 bridgehead atoms. The Kier molecular flexibility index (Phi) is 6.42. The predicted molar refractivity (Wildman–Crippen MR) is 91.8 cm³/mol. The Balaban J connectivity index is 2.13. The minimum atomic E-state index is -0.452. The second-order valence-corrected chi connectivity index (χ2v) is 6.14. The molecule has 2 amide bonds. The highest BCUT2D eigenvalue weighted by Crippen LogP contribution is 2.21. The molecule has 5 nitrogen and oxygen atoms in total. The van der Waals surface area contributed by atoms with Gasteiger partial charge in [-0.2, -0.15) is 0 Å². The van der Waals surface area contributed by atoms with Crippen molar-refractivity contribution >= 4 is 11.7 Å². The van der Waals surface area contributed by atoms with Crippen LogP contribution in [0.1, 0.15) is 38.3 Å². The van der Waals surface area contributed by atoms with Gasteiger partial charge >= 0.3 is 6.03 Å². The van der Waals surface area contributed by atoms with Crippen molar-refractivity contribution in [3.05, 3.63) is 29.3 Å². The number of aliphatic hydroxyl groups is 1. The molecule has 2 atom stereocenters. The lowest BCUT2D eigenvalue weighted by Crippen LogP contribution is -2.51. The Hall–Kier alpha value is -1.59. The van der Waals surface area contributed by atoms with E-state index in [-0.39, 0.29) is 12.1 Å². The van der Waals surface area contributed by atoms with E-state index in [1.165, 1.54) is 5.56 Å². The van der Waals surface area contributed by atoms with Crippen LogP contribution in [0, 0.1) is 0 Å². The highest BCUT2D eigenvalue weighted by Gasteiger charge is 2.28. The van der Waals surface area contributed by atoms with Crippen molar-refractivity contribution < 1.29 is 14.6 Å². The van der Waals surface area contributed by atoms with Gasteiger partial charge in [0.15, 0.2) is 0 Å². The molecular weight excluding hydrogens is 292 g/mol. The van der Waals surface area contributed by atoms with Gasteiger partial charge in [0.05, 0.1) is 25.4 Å². The van der Waals surface area contributed by atoms with E-state index >= 15 is 0 Å². The molecule has 0 saturated carbocycles. The number of aryl methyl sites for hydroxylation is 2. The number of carbonyl (C=O) groups excluding carboxylic acids is 1. The van der Waals surface area contributed by atoms with Gasteiger partial charge in [-0.3, -0.25) is 0 Å². The maximum absolute atomic E-state index is 12.7. The van der Waals surface area contributed by atoms with Crippen molar-refractivity contribution in [2.75, 3.05) is 25.1 Å². The first-order valence-corrected chi connectivity index (χ1v) is 8.50. The third kappa shape index (κ3) is 4.69. The molecule has 2 rings (SSSR count). The van der Waals surface area contributed by atoms with Gasteiger partial charge in [-0.15, -0.1) is 0 Å². The monoisotopic (exact) mass is 320 g/mol. The highest BCUT2D eigenvalue weighted by atomic mass is 16.5. The first-order valence-electron chi connectivity index (χ1n) is 8.50. The number of nitrogens with one attached hydrogen (secondary N) is 1. The van der Waals surface area contributed by atoms with Crippen LogP contribution in [0.15, 0.2) is 18.2 Å². The third-order valence-corrected chi connectivity index (χ3v) is 4.31. The normalized spacial score (nSPS) is 19.5. The summed E-state index contributed by atoms with van der Waals surface area (Å²) in [4.78, 5) is 14.5. The van der Waals surface area contributed by atoms with Crippen LogP contribution in [0.5, 0.6) is 0 Å². The second kappa shape index (κ2) is 8.31. The minimum absolute atomic E-state index is 0.0804. The Morgan fingerprint density at radius 3 is 2.87 bits per heavy atom. The fourth-order valence-electron chi connectivity index (χ4n) is 2.97. The molecular formula is C18H28N2O3. The number of hydrogen-bond acceptors (Lipinski definition) is 3. The number of anilines is 1. The molecule has 1 aliphatic rings. The summed E-state index contributed by atoms with van der Waals surface area (Å²) in [5.41, 5.74) is 3.23. The van der Waals surface area contributed by atoms with Crippen LogP contribution in [0.4, 0.5) is 10.5 Å². The standard InChI is InChI=1S/C18H28N2O3/c1-4-14-6-7-15(5-2)17(11-14)19-18(22)20-8-9-23-12-16(20)10-13(3)21/h6-7,11,13,16,21H,4-5,8-10,12H2,1-3H3,(H,19,22). The highest BCUT2D eigenvalue weighted by molar-refractivity contribution is 5.90. The zero-order valence-electron chi connectivity index (χ0n) is 14.3. The van der Waals surface area contributed by atoms with Crippen molar-refractivity contribution in [1.29, 1.82) is 0 Å². The number of benzene rings is 1. The number of rotatable bonds is 5. The first kappa shape index (κ1) is 17.8. The second-order valence-electron chi connectivity index (χ2n) is 6.14. The van der Waals surface area contributed by atoms with Gasteiger partial charge in [0, 0.05) is 12.2 Å². The molecule has 1 aliphatic heterocycles. The first-order chi connectivity index (χ1) is 11.0. The zero-order valence-corrected chi connectivity index (χ0v) is 14.3. The van der Waals surface area contributed by atoms with E-state index in [4.69, 9.17) is 4.74 Å². The summed E-state index contributed by atoms with van der Waals surface area (Å²) >= 11 is 0. The van der Waals surface area contributed by atoms with E-state index in [2.05, 4.69) is 37.4 Å². The number of carbonyl (C=O) groups is 1. The lowest BCUT2D eigenvalue weighted by molar-refractivity contribution is -0.00160. The number of amides is 2. The number of nitrogens with zero attached hydrogens (tertiary/aromatic N) is 1. The fraction of sp³-hybridized carbons (Fsp3) is 0.611. The van der Waals surface area contributed by atoms with Gasteiger partial charge in [0.2, 0.25) is 0 Å². The van der Waals surface area contributed by atoms with Crippen molar-refractivity contribution in [1.82, 2.24) is 4.90 Å². The quantitative estimate of drug-likeness (QED) is 0.877. The summed E-state index contributed by atoms with van der Waals surface area (Å²) < 4.78 is 5.46. The molecule has 128 valence electrons. The Morgan fingerprint density at radius 1 is 1.43 bits per heavy atom. The van der Waals surface area contributed by atoms with E-state index in [0.29, 0.717) is 26.2 Å². The summed E-state index contributed by atoms with van der Waals surface area (Å²) in [6.07, 6.45) is 1.89. The van der Waals surface area contributed by atoms with Crippen LogP contribution in [-0.2, 0) is 17.6 Å². The summed E-state index contributed by atoms with van der Waals surface area (Å²) in [5.74, 6) is 0. The Morgan fingerprint density at radius 2 is 2.22 bits per heavy atom. The molecule has 1 heterocycles. The molecule has 0 aromatic heterocycles. The lowest BCUT2D eigenvalue weighted by Gasteiger charge is -2.36. The van der Waals surface area contributed by atoms with Gasteiger partial charge < -0.3 is 20.1 Å². The van der Waals surface area contributed by atoms with E-state index in [1.54, 1.807) is 11.8 Å². The van der Waals surface area contributed by atoms with Crippen LogP contribution in [-0.4, -0.2) is 47.9 Å². The average molecular weight is 320 g/mol. The molecule has 5 heteroatoms. The van der Waals surface area contributed by atoms with Crippen molar-refractivity contribution in [2.24, 2.45) is 0 Å². The van der Waals surface area contributed by atoms with Crippen LogP contribution in [0.25, 0.3) is 0 Å². The molecule has 0 radical (unpaired) electrons. The molecule has 0 aliphatic carbocycles. The SMILES string of the molecule is CCc1ccc(CC)c(NC(=O)N2CCOCC2CC(C)O)c1. The number of aliphatic hydroxyl groups excluding tert-OH is 1. The van der Waals surface area contributed by atoms with E-state index < -0.39 is 6.10 Å². The fourth-order valence-corrected chi connectivity index (χ4v) is 2.97. The maximum atomic E-state index is 12.7. The lowest BCUT2D eigenvalue weighted by atomic mass is 10.1. The van der Waals surface area contributed by atoms with Crippen LogP contribution in [0.2, 0.25) is 0 Å². The van der Waals surface area contributed by atoms with Gasteiger partial charge in [-0.05, 0) is 43.4 Å². The van der Waals surface area contributed by atoms with Crippen molar-refractivity contribution in [3.8, 4) is 0 Å². The number of morpholine rings is 1. The summed E-state index contributed by atoms with van der Waals surface area (Å²) in [6.45, 7) is 7.50. The van der Waals surface area contributed by atoms with Crippen LogP contribution < -0.4 is 5.32 Å². The summed E-state index contributed by atoms with van der Waals surface area (Å²) in [7, 11) is 0. The largest absolute Gasteiger partial charge is 0.393 e.